The van der Waals surface area contributed by atoms with Gasteiger partial charge in [0.2, 0.25) is 5.91 Å². The molecule has 0 aromatic heterocycles. The lowest BCUT2D eigenvalue weighted by Gasteiger charge is -2.37. The first-order valence-corrected chi connectivity index (χ1v) is 7.85. The molecule has 0 aliphatic carbocycles. The summed E-state index contributed by atoms with van der Waals surface area (Å²) in [5.41, 5.74) is 3.67. The Kier molecular flexibility index (Phi) is 5.08. The van der Waals surface area contributed by atoms with E-state index in [9.17, 15) is 14.7 Å². The van der Waals surface area contributed by atoms with E-state index in [0.717, 1.165) is 4.47 Å². The number of ether oxygens (including phenoxy) is 1. The van der Waals surface area contributed by atoms with E-state index < -0.39 is 17.6 Å². The number of carbonyl (C=O) groups excluding carboxylic acids is 2. The Balaban J connectivity index is 1.95. The molecule has 0 radical (unpaired) electrons. The largest absolute Gasteiger partial charge is 0.480 e. The van der Waals surface area contributed by atoms with Gasteiger partial charge in [-0.2, -0.15) is 0 Å². The third kappa shape index (κ3) is 3.59. The first-order chi connectivity index (χ1) is 10.3. The highest BCUT2D eigenvalue weighted by molar-refractivity contribution is 9.10. The van der Waals surface area contributed by atoms with Crippen LogP contribution in [0.4, 0.5) is 0 Å². The molecule has 1 heterocycles. The number of aliphatic hydroxyl groups is 1. The average molecular weight is 371 g/mol. The summed E-state index contributed by atoms with van der Waals surface area (Å²) in [5, 5.41) is 10.0. The molecule has 1 aliphatic rings. The van der Waals surface area contributed by atoms with Gasteiger partial charge in [0.25, 0.3) is 5.91 Å². The molecule has 0 bridgehead atoms. The monoisotopic (exact) mass is 370 g/mol. The van der Waals surface area contributed by atoms with Crippen LogP contribution >= 0.6 is 15.9 Å². The summed E-state index contributed by atoms with van der Waals surface area (Å²) < 4.78 is 6.44. The van der Waals surface area contributed by atoms with Crippen molar-refractivity contribution in [3.63, 3.8) is 0 Å². The van der Waals surface area contributed by atoms with Gasteiger partial charge in [0, 0.05) is 25.9 Å². The van der Waals surface area contributed by atoms with E-state index >= 15 is 0 Å². The highest BCUT2D eigenvalue weighted by atomic mass is 79.9. The molecule has 6 nitrogen and oxygen atoms in total. The van der Waals surface area contributed by atoms with Crippen molar-refractivity contribution in [2.75, 3.05) is 13.1 Å². The molecule has 1 atom stereocenters. The zero-order valence-electron chi connectivity index (χ0n) is 12.3. The van der Waals surface area contributed by atoms with Gasteiger partial charge < -0.3 is 20.5 Å². The quantitative estimate of drug-likeness (QED) is 0.828. The van der Waals surface area contributed by atoms with Crippen molar-refractivity contribution in [2.24, 2.45) is 5.73 Å². The van der Waals surface area contributed by atoms with Crippen LogP contribution in [-0.2, 0) is 9.59 Å². The van der Waals surface area contributed by atoms with Crippen LogP contribution in [0.2, 0.25) is 0 Å². The molecule has 120 valence electrons. The molecule has 1 saturated heterocycles. The minimum Gasteiger partial charge on any atom is -0.480 e. The smallest absolute Gasteiger partial charge is 0.263 e. The zero-order chi connectivity index (χ0) is 16.3. The van der Waals surface area contributed by atoms with Crippen molar-refractivity contribution in [1.29, 1.82) is 0 Å². The third-order valence-electron chi connectivity index (χ3n) is 3.85. The van der Waals surface area contributed by atoms with Crippen LogP contribution in [0.1, 0.15) is 19.8 Å². The number of nitrogens with two attached hydrogens (primary N) is 1. The van der Waals surface area contributed by atoms with Gasteiger partial charge in [-0.25, -0.2) is 0 Å². The number of benzene rings is 1. The van der Waals surface area contributed by atoms with Gasteiger partial charge in [-0.05, 0) is 35.0 Å². The Morgan fingerprint density at radius 3 is 2.50 bits per heavy atom. The standard InChI is InChI=1S/C15H19BrN2O4/c1-10(22-12-5-3-2-4-11(12)16)13(19)18-8-6-15(21,7-9-18)14(17)20/h2-5,10,21H,6-9H2,1H3,(H2,17,20). The Morgan fingerprint density at radius 1 is 1.36 bits per heavy atom. The van der Waals surface area contributed by atoms with E-state index in [2.05, 4.69) is 15.9 Å². The summed E-state index contributed by atoms with van der Waals surface area (Å²) in [6.07, 6.45) is -0.357. The minimum atomic E-state index is -1.51. The lowest BCUT2D eigenvalue weighted by molar-refractivity contribution is -0.149. The van der Waals surface area contributed by atoms with Crippen LogP contribution in [0.15, 0.2) is 28.7 Å². The van der Waals surface area contributed by atoms with Gasteiger partial charge in [-0.15, -0.1) is 0 Å². The molecule has 1 aromatic carbocycles. The fourth-order valence-corrected chi connectivity index (χ4v) is 2.76. The van der Waals surface area contributed by atoms with E-state index in [4.69, 9.17) is 10.5 Å². The summed E-state index contributed by atoms with van der Waals surface area (Å²) in [4.78, 5) is 25.2. The molecule has 3 N–H and O–H groups in total. The van der Waals surface area contributed by atoms with Crippen LogP contribution in [0, 0.1) is 0 Å². The second kappa shape index (κ2) is 6.66. The first kappa shape index (κ1) is 16.8. The number of halogens is 1. The second-order valence-electron chi connectivity index (χ2n) is 5.41. The second-order valence-corrected chi connectivity index (χ2v) is 6.27. The van der Waals surface area contributed by atoms with E-state index in [1.54, 1.807) is 17.9 Å². The van der Waals surface area contributed by atoms with Crippen molar-refractivity contribution in [3.8, 4) is 5.75 Å². The topological polar surface area (TPSA) is 92.9 Å². The maximum atomic E-state index is 12.4. The van der Waals surface area contributed by atoms with Crippen molar-refractivity contribution < 1.29 is 19.4 Å². The molecule has 2 amide bonds. The number of hydrogen-bond acceptors (Lipinski definition) is 4. The molecule has 1 unspecified atom stereocenters. The molecular weight excluding hydrogens is 352 g/mol. The van der Waals surface area contributed by atoms with Crippen LogP contribution in [0.3, 0.4) is 0 Å². The van der Waals surface area contributed by atoms with Crippen LogP contribution < -0.4 is 10.5 Å². The minimum absolute atomic E-state index is 0.149. The van der Waals surface area contributed by atoms with Gasteiger partial charge in [0.05, 0.1) is 4.47 Å². The van der Waals surface area contributed by atoms with E-state index in [1.165, 1.54) is 0 Å². The summed E-state index contributed by atoms with van der Waals surface area (Å²) in [6, 6.07) is 7.29. The van der Waals surface area contributed by atoms with Gasteiger partial charge in [-0.1, -0.05) is 12.1 Å². The molecular formula is C15H19BrN2O4. The Labute approximate surface area is 137 Å². The number of para-hydroxylation sites is 1. The maximum absolute atomic E-state index is 12.4. The first-order valence-electron chi connectivity index (χ1n) is 7.06. The number of hydrogen-bond donors (Lipinski definition) is 2. The predicted octanol–water partition coefficient (Wildman–Crippen LogP) is 1.06. The number of piperidine rings is 1. The van der Waals surface area contributed by atoms with Crippen LogP contribution in [-0.4, -0.2) is 46.6 Å². The maximum Gasteiger partial charge on any atom is 0.263 e. The third-order valence-corrected chi connectivity index (χ3v) is 4.50. The molecule has 0 saturated carbocycles. The molecule has 22 heavy (non-hydrogen) atoms. The van der Waals surface area contributed by atoms with Crippen molar-refractivity contribution in [3.05, 3.63) is 28.7 Å². The number of amides is 2. The highest BCUT2D eigenvalue weighted by Gasteiger charge is 2.39. The van der Waals surface area contributed by atoms with Crippen molar-refractivity contribution in [2.45, 2.75) is 31.5 Å². The van der Waals surface area contributed by atoms with E-state index in [0.29, 0.717) is 5.75 Å². The summed E-state index contributed by atoms with van der Waals surface area (Å²) in [7, 11) is 0. The molecule has 1 aliphatic heterocycles. The van der Waals surface area contributed by atoms with Gasteiger partial charge >= 0.3 is 0 Å². The van der Waals surface area contributed by atoms with Gasteiger partial charge in [0.1, 0.15) is 11.4 Å². The Morgan fingerprint density at radius 2 is 1.95 bits per heavy atom. The Bertz CT molecular complexity index is 570. The number of nitrogens with zero attached hydrogens (tertiary/aromatic N) is 1. The van der Waals surface area contributed by atoms with E-state index in [1.807, 2.05) is 18.2 Å². The fourth-order valence-electron chi connectivity index (χ4n) is 2.38. The molecule has 7 heteroatoms. The van der Waals surface area contributed by atoms with Gasteiger partial charge in [-0.3, -0.25) is 9.59 Å². The lowest BCUT2D eigenvalue weighted by Crippen LogP contribution is -2.55. The summed E-state index contributed by atoms with van der Waals surface area (Å²) >= 11 is 3.37. The van der Waals surface area contributed by atoms with Gasteiger partial charge in [0.15, 0.2) is 6.10 Å². The summed E-state index contributed by atoms with van der Waals surface area (Å²) in [6.45, 7) is 2.24. The number of primary amides is 1. The highest BCUT2D eigenvalue weighted by Crippen LogP contribution is 2.26. The Hall–Kier alpha value is -1.60. The van der Waals surface area contributed by atoms with Crippen molar-refractivity contribution >= 4 is 27.7 Å². The van der Waals surface area contributed by atoms with Crippen molar-refractivity contribution in [1.82, 2.24) is 4.90 Å². The number of carbonyl (C=O) groups is 2. The number of likely N-dealkylation sites (tertiary alicyclic amines) is 1. The average Bonchev–Trinajstić information content (AvgIpc) is 2.49. The SMILES string of the molecule is CC(Oc1ccccc1Br)C(=O)N1CCC(O)(C(N)=O)CC1. The molecule has 2 rings (SSSR count). The lowest BCUT2D eigenvalue weighted by atomic mass is 9.90. The van der Waals surface area contributed by atoms with E-state index in [-0.39, 0.29) is 31.8 Å². The van der Waals surface area contributed by atoms with Crippen LogP contribution in [0.25, 0.3) is 0 Å². The number of rotatable bonds is 4. The summed E-state index contributed by atoms with van der Waals surface area (Å²) in [5.74, 6) is -0.326. The van der Waals surface area contributed by atoms with Crippen LogP contribution in [0.5, 0.6) is 5.75 Å². The zero-order valence-corrected chi connectivity index (χ0v) is 13.9. The molecule has 0 spiro atoms. The molecule has 1 fully saturated rings. The predicted molar refractivity (Wildman–Crippen MR) is 84.2 cm³/mol. The molecule has 1 aromatic rings. The fraction of sp³-hybridized carbons (Fsp3) is 0.467. The normalized spacial score (nSPS) is 18.6.